The number of Topliss-reactive ketones (excluding diaryl/α,β-unsaturated/α-hetero) is 1. The number of thiophene rings is 1. The highest BCUT2D eigenvalue weighted by Crippen LogP contribution is 2.24. The minimum absolute atomic E-state index is 0.0366. The lowest BCUT2D eigenvalue weighted by atomic mass is 10.2. The van der Waals surface area contributed by atoms with E-state index >= 15 is 0 Å². The lowest BCUT2D eigenvalue weighted by Crippen LogP contribution is -2.17. The van der Waals surface area contributed by atoms with E-state index in [0.29, 0.717) is 23.5 Å². The average molecular weight is 315 g/mol. The zero-order valence-electron chi connectivity index (χ0n) is 10.8. The third kappa shape index (κ3) is 5.11. The van der Waals surface area contributed by atoms with Gasteiger partial charge in [0.15, 0.2) is 5.78 Å². The van der Waals surface area contributed by atoms with Crippen molar-refractivity contribution in [2.45, 2.75) is 12.8 Å². The van der Waals surface area contributed by atoms with Crippen molar-refractivity contribution < 1.29 is 22.7 Å². The molecule has 0 aliphatic carbocycles. The van der Waals surface area contributed by atoms with Gasteiger partial charge in [-0.05, 0) is 35.7 Å². The summed E-state index contributed by atoms with van der Waals surface area (Å²) in [4.78, 5) is 12.4. The lowest BCUT2D eigenvalue weighted by molar-refractivity contribution is -0.274. The van der Waals surface area contributed by atoms with Crippen LogP contribution in [0.1, 0.15) is 16.1 Å². The normalized spacial score (nSPS) is 11.2. The Labute approximate surface area is 123 Å². The first-order valence-electron chi connectivity index (χ1n) is 6.10. The number of alkyl halides is 3. The molecule has 21 heavy (non-hydrogen) atoms. The van der Waals surface area contributed by atoms with Gasteiger partial charge in [-0.25, -0.2) is 0 Å². The van der Waals surface area contributed by atoms with E-state index in [1.54, 1.807) is 6.07 Å². The summed E-state index contributed by atoms with van der Waals surface area (Å²) in [6.07, 6.45) is -4.37. The number of nitrogens with one attached hydrogen (secondary N) is 1. The van der Waals surface area contributed by atoms with Crippen LogP contribution in [0.4, 0.5) is 18.9 Å². The number of benzene rings is 1. The summed E-state index contributed by atoms with van der Waals surface area (Å²) < 4.78 is 39.7. The minimum atomic E-state index is -4.69. The third-order valence-corrected chi connectivity index (χ3v) is 3.48. The molecular formula is C14H12F3NO2S. The fraction of sp³-hybridized carbons (Fsp3) is 0.214. The van der Waals surface area contributed by atoms with Gasteiger partial charge in [0.2, 0.25) is 0 Å². The van der Waals surface area contributed by atoms with Crippen LogP contribution in [0.25, 0.3) is 0 Å². The molecule has 7 heteroatoms. The second kappa shape index (κ2) is 6.62. The molecule has 0 unspecified atom stereocenters. The van der Waals surface area contributed by atoms with E-state index in [9.17, 15) is 18.0 Å². The van der Waals surface area contributed by atoms with Crippen LogP contribution in [0.5, 0.6) is 5.75 Å². The SMILES string of the molecule is O=C(CCNc1ccc(OC(F)(F)F)cc1)c1cccs1. The molecular weight excluding hydrogens is 303 g/mol. The molecule has 3 nitrogen and oxygen atoms in total. The summed E-state index contributed by atoms with van der Waals surface area (Å²) in [5, 5.41) is 4.81. The first-order valence-corrected chi connectivity index (χ1v) is 6.98. The molecule has 0 radical (unpaired) electrons. The van der Waals surface area contributed by atoms with E-state index in [0.717, 1.165) is 0 Å². The van der Waals surface area contributed by atoms with Gasteiger partial charge >= 0.3 is 6.36 Å². The molecule has 0 saturated heterocycles. The van der Waals surface area contributed by atoms with Gasteiger partial charge in [0.1, 0.15) is 5.75 Å². The first-order chi connectivity index (χ1) is 9.94. The molecule has 112 valence electrons. The summed E-state index contributed by atoms with van der Waals surface area (Å²) in [5.41, 5.74) is 0.628. The average Bonchev–Trinajstić information content (AvgIpc) is 2.93. The zero-order chi connectivity index (χ0) is 15.3. The molecule has 0 aliphatic rings. The molecule has 1 heterocycles. The number of hydrogen-bond acceptors (Lipinski definition) is 4. The Bertz CT molecular complexity index is 579. The molecule has 0 saturated carbocycles. The third-order valence-electron chi connectivity index (χ3n) is 2.57. The number of halogens is 3. The molecule has 1 aromatic heterocycles. The zero-order valence-corrected chi connectivity index (χ0v) is 11.6. The summed E-state index contributed by atoms with van der Waals surface area (Å²) in [5.74, 6) is -0.239. The highest BCUT2D eigenvalue weighted by molar-refractivity contribution is 7.12. The maximum atomic E-state index is 12.0. The number of ketones is 1. The highest BCUT2D eigenvalue weighted by atomic mass is 32.1. The number of rotatable bonds is 6. The molecule has 2 rings (SSSR count). The molecule has 0 aliphatic heterocycles. The Morgan fingerprint density at radius 2 is 1.90 bits per heavy atom. The standard InChI is InChI=1S/C14H12F3NO2S/c15-14(16,17)20-11-5-3-10(4-6-11)18-8-7-12(19)13-2-1-9-21-13/h1-6,9,18H,7-8H2. The van der Waals surface area contributed by atoms with Crippen LogP contribution in [-0.2, 0) is 0 Å². The van der Waals surface area contributed by atoms with Crippen LogP contribution in [-0.4, -0.2) is 18.7 Å². The molecule has 2 aromatic rings. The largest absolute Gasteiger partial charge is 0.573 e. The molecule has 0 bridgehead atoms. The van der Waals surface area contributed by atoms with Crippen LogP contribution in [0.2, 0.25) is 0 Å². The van der Waals surface area contributed by atoms with E-state index in [2.05, 4.69) is 10.1 Å². The molecule has 0 atom stereocenters. The van der Waals surface area contributed by atoms with E-state index in [1.165, 1.54) is 35.6 Å². The number of carbonyl (C=O) groups excluding carboxylic acids is 1. The Morgan fingerprint density at radius 3 is 2.48 bits per heavy atom. The predicted octanol–water partition coefficient (Wildman–Crippen LogP) is 4.33. The molecule has 1 N–H and O–H groups in total. The van der Waals surface area contributed by atoms with Gasteiger partial charge in [-0.1, -0.05) is 6.07 Å². The van der Waals surface area contributed by atoms with Crippen LogP contribution in [0.15, 0.2) is 41.8 Å². The van der Waals surface area contributed by atoms with Crippen LogP contribution in [0, 0.1) is 0 Å². The van der Waals surface area contributed by atoms with Crippen LogP contribution < -0.4 is 10.1 Å². The van der Waals surface area contributed by atoms with Gasteiger partial charge in [-0.15, -0.1) is 24.5 Å². The van der Waals surface area contributed by atoms with Crippen molar-refractivity contribution in [3.05, 3.63) is 46.7 Å². The summed E-state index contributed by atoms with van der Waals surface area (Å²) >= 11 is 1.38. The van der Waals surface area contributed by atoms with Crippen molar-refractivity contribution in [1.82, 2.24) is 0 Å². The van der Waals surface area contributed by atoms with E-state index in [4.69, 9.17) is 0 Å². The summed E-state index contributed by atoms with van der Waals surface area (Å²) in [6, 6.07) is 8.95. The Morgan fingerprint density at radius 1 is 1.19 bits per heavy atom. The van der Waals surface area contributed by atoms with E-state index < -0.39 is 6.36 Å². The molecule has 1 aromatic carbocycles. The second-order valence-electron chi connectivity index (χ2n) is 4.15. The summed E-state index contributed by atoms with van der Waals surface area (Å²) in [7, 11) is 0. The van der Waals surface area contributed by atoms with Crippen molar-refractivity contribution in [2.75, 3.05) is 11.9 Å². The van der Waals surface area contributed by atoms with Gasteiger partial charge < -0.3 is 10.1 Å². The Kier molecular flexibility index (Phi) is 4.85. The van der Waals surface area contributed by atoms with Gasteiger partial charge in [0, 0.05) is 18.7 Å². The van der Waals surface area contributed by atoms with Gasteiger partial charge in [-0.2, -0.15) is 0 Å². The maximum absolute atomic E-state index is 12.0. The van der Waals surface area contributed by atoms with Crippen molar-refractivity contribution in [2.24, 2.45) is 0 Å². The smallest absolute Gasteiger partial charge is 0.406 e. The van der Waals surface area contributed by atoms with Gasteiger partial charge in [-0.3, -0.25) is 4.79 Å². The number of hydrogen-bond donors (Lipinski definition) is 1. The number of anilines is 1. The maximum Gasteiger partial charge on any atom is 0.573 e. The van der Waals surface area contributed by atoms with E-state index in [-0.39, 0.29) is 11.5 Å². The predicted molar refractivity (Wildman–Crippen MR) is 74.9 cm³/mol. The van der Waals surface area contributed by atoms with Crippen LogP contribution in [0.3, 0.4) is 0 Å². The van der Waals surface area contributed by atoms with Crippen LogP contribution >= 0.6 is 11.3 Å². The lowest BCUT2D eigenvalue weighted by Gasteiger charge is -2.10. The Balaban J connectivity index is 1.80. The monoisotopic (exact) mass is 315 g/mol. The topological polar surface area (TPSA) is 38.3 Å². The molecule has 0 amide bonds. The quantitative estimate of drug-likeness (QED) is 0.806. The fourth-order valence-electron chi connectivity index (χ4n) is 1.66. The van der Waals surface area contributed by atoms with Crippen molar-refractivity contribution in [3.63, 3.8) is 0 Å². The van der Waals surface area contributed by atoms with Gasteiger partial charge in [0.25, 0.3) is 0 Å². The molecule has 0 spiro atoms. The van der Waals surface area contributed by atoms with Gasteiger partial charge in [0.05, 0.1) is 4.88 Å². The highest BCUT2D eigenvalue weighted by Gasteiger charge is 2.30. The number of ether oxygens (including phenoxy) is 1. The fourth-order valence-corrected chi connectivity index (χ4v) is 2.35. The van der Waals surface area contributed by atoms with Crippen molar-refractivity contribution in [3.8, 4) is 5.75 Å². The molecule has 0 fully saturated rings. The first kappa shape index (κ1) is 15.4. The van der Waals surface area contributed by atoms with Crippen molar-refractivity contribution >= 4 is 22.8 Å². The van der Waals surface area contributed by atoms with Crippen molar-refractivity contribution in [1.29, 1.82) is 0 Å². The number of carbonyl (C=O) groups is 1. The Hall–Kier alpha value is -2.02. The summed E-state index contributed by atoms with van der Waals surface area (Å²) in [6.45, 7) is 0.413. The minimum Gasteiger partial charge on any atom is -0.406 e. The van der Waals surface area contributed by atoms with E-state index in [1.807, 2.05) is 11.4 Å². The second-order valence-corrected chi connectivity index (χ2v) is 5.10.